The summed E-state index contributed by atoms with van der Waals surface area (Å²) in [5.41, 5.74) is 4.25. The molecule has 4 aromatic rings. The van der Waals surface area contributed by atoms with E-state index in [1.807, 2.05) is 17.0 Å². The normalized spacial score (nSPS) is 17.3. The standard InChI is InChI=1S/C29H29F2N5O2/c1-32-29(37)25-12-20-10-17(19-7-9-38-16-19)5-6-22(20)28(34-25)36-8-3-4-18-11-23(21-14-33-35(2)15-21)24(27(30)31)13-26(18)36/h5-6,10-15,19,27H,3-4,7-9,16H2,1-2H3,(H,32,37). The van der Waals surface area contributed by atoms with Gasteiger partial charge in [0.15, 0.2) is 0 Å². The third-order valence-electron chi connectivity index (χ3n) is 7.57. The van der Waals surface area contributed by atoms with Crippen molar-refractivity contribution in [3.63, 3.8) is 0 Å². The monoisotopic (exact) mass is 517 g/mol. The van der Waals surface area contributed by atoms with Crippen molar-refractivity contribution >= 4 is 28.2 Å². The number of nitrogens with zero attached hydrogens (tertiary/aromatic N) is 4. The lowest BCUT2D eigenvalue weighted by atomic mass is 9.92. The number of ether oxygens (including phenoxy) is 1. The van der Waals surface area contributed by atoms with Crippen molar-refractivity contribution in [2.24, 2.45) is 7.05 Å². The smallest absolute Gasteiger partial charge is 0.269 e. The number of benzene rings is 2. The largest absolute Gasteiger partial charge is 0.381 e. The van der Waals surface area contributed by atoms with E-state index < -0.39 is 6.43 Å². The van der Waals surface area contributed by atoms with Crippen LogP contribution in [0.15, 0.2) is 48.8 Å². The highest BCUT2D eigenvalue weighted by atomic mass is 19.3. The van der Waals surface area contributed by atoms with Crippen LogP contribution in [0.3, 0.4) is 0 Å². The Morgan fingerprint density at radius 1 is 1.21 bits per heavy atom. The highest BCUT2D eigenvalue weighted by molar-refractivity contribution is 6.01. The van der Waals surface area contributed by atoms with Gasteiger partial charge < -0.3 is 15.0 Å². The summed E-state index contributed by atoms with van der Waals surface area (Å²) in [6.07, 6.45) is 3.27. The maximum Gasteiger partial charge on any atom is 0.269 e. The summed E-state index contributed by atoms with van der Waals surface area (Å²) in [6, 6.07) is 11.5. The maximum atomic E-state index is 14.4. The van der Waals surface area contributed by atoms with E-state index in [1.54, 1.807) is 43.3 Å². The average Bonchev–Trinajstić information content (AvgIpc) is 3.63. The van der Waals surface area contributed by atoms with Crippen molar-refractivity contribution in [3.05, 3.63) is 71.2 Å². The van der Waals surface area contributed by atoms with Gasteiger partial charge in [0.25, 0.3) is 12.3 Å². The first kappa shape index (κ1) is 24.5. The minimum atomic E-state index is -2.66. The molecule has 2 aromatic carbocycles. The summed E-state index contributed by atoms with van der Waals surface area (Å²) in [6.45, 7) is 2.03. The van der Waals surface area contributed by atoms with E-state index >= 15 is 0 Å². The zero-order valence-corrected chi connectivity index (χ0v) is 21.4. The van der Waals surface area contributed by atoms with E-state index in [-0.39, 0.29) is 11.5 Å². The van der Waals surface area contributed by atoms with Gasteiger partial charge in [-0.1, -0.05) is 18.2 Å². The van der Waals surface area contributed by atoms with Crippen molar-refractivity contribution in [3.8, 4) is 11.1 Å². The number of aryl methyl sites for hydroxylation is 2. The van der Waals surface area contributed by atoms with Crippen LogP contribution < -0.4 is 10.2 Å². The highest BCUT2D eigenvalue weighted by Gasteiger charge is 2.27. The number of carbonyl (C=O) groups is 1. The predicted octanol–water partition coefficient (Wildman–Crippen LogP) is 5.52. The number of hydrogen-bond acceptors (Lipinski definition) is 5. The fourth-order valence-corrected chi connectivity index (χ4v) is 5.62. The van der Waals surface area contributed by atoms with Gasteiger partial charge in [0, 0.05) is 61.6 Å². The molecule has 1 saturated heterocycles. The molecule has 2 aliphatic heterocycles. The summed E-state index contributed by atoms with van der Waals surface area (Å²) in [5.74, 6) is 0.625. The Hall–Kier alpha value is -3.85. The Balaban J connectivity index is 1.52. The van der Waals surface area contributed by atoms with Crippen LogP contribution in [0.5, 0.6) is 0 Å². The molecule has 2 aliphatic rings. The van der Waals surface area contributed by atoms with Crippen LogP contribution in [0, 0.1) is 0 Å². The molecule has 9 heteroatoms. The first-order chi connectivity index (χ1) is 18.4. The lowest BCUT2D eigenvalue weighted by molar-refractivity contribution is 0.0958. The van der Waals surface area contributed by atoms with Gasteiger partial charge >= 0.3 is 0 Å². The van der Waals surface area contributed by atoms with Crippen LogP contribution in [0.25, 0.3) is 21.9 Å². The van der Waals surface area contributed by atoms with E-state index in [2.05, 4.69) is 22.5 Å². The lowest BCUT2D eigenvalue weighted by Gasteiger charge is -2.33. The summed E-state index contributed by atoms with van der Waals surface area (Å²) in [5, 5.41) is 8.62. The third kappa shape index (κ3) is 4.30. The van der Waals surface area contributed by atoms with Crippen LogP contribution in [-0.4, -0.2) is 47.5 Å². The minimum absolute atomic E-state index is 0.0427. The van der Waals surface area contributed by atoms with E-state index in [0.29, 0.717) is 47.4 Å². The van der Waals surface area contributed by atoms with E-state index in [4.69, 9.17) is 9.72 Å². The van der Waals surface area contributed by atoms with Crippen LogP contribution in [0.2, 0.25) is 0 Å². The topological polar surface area (TPSA) is 72.3 Å². The molecule has 0 radical (unpaired) electrons. The minimum Gasteiger partial charge on any atom is -0.381 e. The molecule has 1 unspecified atom stereocenters. The van der Waals surface area contributed by atoms with Crippen molar-refractivity contribution in [1.82, 2.24) is 20.1 Å². The number of nitrogens with one attached hydrogen (secondary N) is 1. The summed E-state index contributed by atoms with van der Waals surface area (Å²) >= 11 is 0. The summed E-state index contributed by atoms with van der Waals surface area (Å²) in [7, 11) is 3.35. The number of halogens is 2. The number of carbonyl (C=O) groups excluding carboxylic acids is 1. The van der Waals surface area contributed by atoms with Crippen LogP contribution in [0.4, 0.5) is 20.3 Å². The Morgan fingerprint density at radius 2 is 2.08 bits per heavy atom. The quantitative estimate of drug-likeness (QED) is 0.377. The van der Waals surface area contributed by atoms with Gasteiger partial charge in [-0.25, -0.2) is 13.8 Å². The molecular formula is C29H29F2N5O2. The molecule has 4 heterocycles. The zero-order valence-electron chi connectivity index (χ0n) is 21.4. The van der Waals surface area contributed by atoms with Gasteiger partial charge in [-0.2, -0.15) is 5.10 Å². The first-order valence-electron chi connectivity index (χ1n) is 12.9. The molecule has 1 fully saturated rings. The Labute approximate surface area is 219 Å². The first-order valence-corrected chi connectivity index (χ1v) is 12.9. The number of aromatic nitrogens is 3. The predicted molar refractivity (Wildman–Crippen MR) is 142 cm³/mol. The van der Waals surface area contributed by atoms with Gasteiger partial charge in [-0.05, 0) is 59.5 Å². The maximum absolute atomic E-state index is 14.4. The molecule has 0 saturated carbocycles. The lowest BCUT2D eigenvalue weighted by Crippen LogP contribution is -2.27. The van der Waals surface area contributed by atoms with Crippen molar-refractivity contribution in [2.45, 2.75) is 31.6 Å². The van der Waals surface area contributed by atoms with Gasteiger partial charge in [0.1, 0.15) is 11.5 Å². The van der Waals surface area contributed by atoms with Gasteiger partial charge in [0.05, 0.1) is 12.8 Å². The molecule has 38 heavy (non-hydrogen) atoms. The molecule has 196 valence electrons. The summed E-state index contributed by atoms with van der Waals surface area (Å²) in [4.78, 5) is 19.5. The third-order valence-corrected chi connectivity index (χ3v) is 7.57. The second-order valence-electron chi connectivity index (χ2n) is 9.98. The van der Waals surface area contributed by atoms with Crippen LogP contribution in [0.1, 0.15) is 52.4 Å². The fourth-order valence-electron chi connectivity index (χ4n) is 5.62. The molecule has 0 bridgehead atoms. The molecule has 1 atom stereocenters. The molecular weight excluding hydrogens is 488 g/mol. The van der Waals surface area contributed by atoms with E-state index in [0.717, 1.165) is 47.8 Å². The number of fused-ring (bicyclic) bond motifs is 2. The molecule has 1 N–H and O–H groups in total. The van der Waals surface area contributed by atoms with E-state index in [9.17, 15) is 13.6 Å². The van der Waals surface area contributed by atoms with E-state index in [1.165, 1.54) is 0 Å². The second-order valence-corrected chi connectivity index (χ2v) is 9.98. The number of alkyl halides is 2. The number of pyridine rings is 1. The number of hydrogen-bond donors (Lipinski definition) is 1. The molecule has 0 aliphatic carbocycles. The van der Waals surface area contributed by atoms with Crippen LogP contribution >= 0.6 is 0 Å². The fraction of sp³-hybridized carbons (Fsp3) is 0.345. The highest BCUT2D eigenvalue weighted by Crippen LogP contribution is 2.43. The number of amides is 1. The Kier molecular flexibility index (Phi) is 6.31. The summed E-state index contributed by atoms with van der Waals surface area (Å²) < 4.78 is 35.9. The zero-order chi connectivity index (χ0) is 26.4. The van der Waals surface area contributed by atoms with Crippen molar-refractivity contribution in [1.29, 1.82) is 0 Å². The molecule has 0 spiro atoms. The second kappa shape index (κ2) is 9.79. The molecule has 2 aromatic heterocycles. The molecule has 1 amide bonds. The SMILES string of the molecule is CNC(=O)c1cc2cc(C3CCOC3)ccc2c(N2CCCc3cc(-c4cnn(C)c4)c(C(F)F)cc32)n1. The molecule has 6 rings (SSSR count). The van der Waals surface area contributed by atoms with Crippen LogP contribution in [-0.2, 0) is 18.2 Å². The molecule has 7 nitrogen and oxygen atoms in total. The van der Waals surface area contributed by atoms with Gasteiger partial charge in [-0.3, -0.25) is 9.48 Å². The number of anilines is 2. The van der Waals surface area contributed by atoms with Gasteiger partial charge in [0.2, 0.25) is 0 Å². The van der Waals surface area contributed by atoms with Crippen molar-refractivity contribution in [2.75, 3.05) is 31.7 Å². The average molecular weight is 518 g/mol. The number of rotatable bonds is 5. The Bertz CT molecular complexity index is 1530. The van der Waals surface area contributed by atoms with Crippen molar-refractivity contribution < 1.29 is 18.3 Å². The van der Waals surface area contributed by atoms with Gasteiger partial charge in [-0.15, -0.1) is 0 Å². The Morgan fingerprint density at radius 3 is 2.79 bits per heavy atom.